The van der Waals surface area contributed by atoms with E-state index in [1.54, 1.807) is 12.5 Å². The van der Waals surface area contributed by atoms with E-state index in [9.17, 15) is 14.4 Å². The second-order valence-electron chi connectivity index (χ2n) is 6.04. The lowest BCUT2D eigenvalue weighted by Gasteiger charge is -2.11. The molecule has 0 saturated carbocycles. The molecular weight excluding hydrogens is 382 g/mol. The third-order valence-electron chi connectivity index (χ3n) is 3.82. The minimum absolute atomic E-state index is 0.0556. The minimum atomic E-state index is -0.689. The molecule has 0 spiro atoms. The van der Waals surface area contributed by atoms with Crippen LogP contribution in [0.1, 0.15) is 26.0 Å². The summed E-state index contributed by atoms with van der Waals surface area (Å²) in [6, 6.07) is 6.77. The number of hydrogen-bond donors (Lipinski definition) is 2. The molecule has 0 bridgehead atoms. The molecule has 0 unspecified atom stereocenters. The predicted molar refractivity (Wildman–Crippen MR) is 105 cm³/mol. The Kier molecular flexibility index (Phi) is 7.94. The van der Waals surface area contributed by atoms with Crippen molar-refractivity contribution < 1.29 is 23.9 Å². The molecular formula is C19H23N3O5S. The van der Waals surface area contributed by atoms with Gasteiger partial charge in [-0.1, -0.05) is 6.92 Å². The number of carbonyl (C=O) groups is 3. The number of aromatic nitrogens is 1. The van der Waals surface area contributed by atoms with Gasteiger partial charge < -0.3 is 14.8 Å². The summed E-state index contributed by atoms with van der Waals surface area (Å²) < 4.78 is 10.0. The number of amides is 3. The molecule has 1 heterocycles. The Labute approximate surface area is 167 Å². The molecule has 0 aliphatic rings. The number of thiazole rings is 1. The summed E-state index contributed by atoms with van der Waals surface area (Å²) in [5, 5.41) is 7.23. The molecule has 0 fully saturated rings. The summed E-state index contributed by atoms with van der Waals surface area (Å²) in [5.41, 5.74) is 1.47. The average molecular weight is 405 g/mol. The number of hydrogen-bond acceptors (Lipinski definition) is 7. The van der Waals surface area contributed by atoms with Crippen LogP contribution in [-0.2, 0) is 20.7 Å². The number of rotatable bonds is 8. The highest BCUT2D eigenvalue weighted by atomic mass is 32.1. The van der Waals surface area contributed by atoms with Crippen LogP contribution in [0.5, 0.6) is 5.75 Å². The van der Waals surface area contributed by atoms with Crippen LogP contribution in [0.25, 0.3) is 10.6 Å². The van der Waals surface area contributed by atoms with Crippen molar-refractivity contribution in [3.8, 4) is 16.3 Å². The number of imide groups is 1. The van der Waals surface area contributed by atoms with Gasteiger partial charge in [0.2, 0.25) is 0 Å². The van der Waals surface area contributed by atoms with E-state index in [2.05, 4.69) is 15.6 Å². The molecule has 1 aromatic heterocycles. The summed E-state index contributed by atoms with van der Waals surface area (Å²) in [4.78, 5) is 39.5. The summed E-state index contributed by atoms with van der Waals surface area (Å²) in [6.07, 6.45) is 0.682. The Morgan fingerprint density at radius 3 is 2.57 bits per heavy atom. The van der Waals surface area contributed by atoms with Gasteiger partial charge in [0.15, 0.2) is 6.61 Å². The highest BCUT2D eigenvalue weighted by Gasteiger charge is 2.14. The van der Waals surface area contributed by atoms with E-state index in [4.69, 9.17) is 9.47 Å². The lowest BCUT2D eigenvalue weighted by molar-refractivity contribution is -0.147. The third kappa shape index (κ3) is 6.66. The van der Waals surface area contributed by atoms with Crippen LogP contribution in [0.3, 0.4) is 0 Å². The van der Waals surface area contributed by atoms with Gasteiger partial charge in [0, 0.05) is 17.0 Å². The molecule has 150 valence electrons. The molecule has 0 saturated heterocycles. The first-order chi connectivity index (χ1) is 13.4. The predicted octanol–water partition coefficient (Wildman–Crippen LogP) is 2.53. The number of nitrogens with one attached hydrogen (secondary N) is 2. The summed E-state index contributed by atoms with van der Waals surface area (Å²) in [5.74, 6) is -0.532. The molecule has 1 atom stereocenters. The van der Waals surface area contributed by atoms with Gasteiger partial charge in [-0.2, -0.15) is 0 Å². The van der Waals surface area contributed by atoms with Crippen molar-refractivity contribution in [1.82, 2.24) is 15.6 Å². The van der Waals surface area contributed by atoms with Crippen molar-refractivity contribution in [3.63, 3.8) is 0 Å². The Hall–Kier alpha value is -2.94. The lowest BCUT2D eigenvalue weighted by atomic mass is 10.2. The lowest BCUT2D eigenvalue weighted by Crippen LogP contribution is -2.44. The monoisotopic (exact) mass is 405 g/mol. The highest BCUT2D eigenvalue weighted by molar-refractivity contribution is 7.13. The fourth-order valence-corrected chi connectivity index (χ4v) is 2.95. The Morgan fingerprint density at radius 2 is 1.93 bits per heavy atom. The van der Waals surface area contributed by atoms with Crippen molar-refractivity contribution in [2.45, 2.75) is 32.7 Å². The van der Waals surface area contributed by atoms with Crippen LogP contribution in [-0.4, -0.2) is 42.7 Å². The number of benzene rings is 1. The maximum absolute atomic E-state index is 11.9. The maximum Gasteiger partial charge on any atom is 0.321 e. The van der Waals surface area contributed by atoms with Crippen LogP contribution in [0.15, 0.2) is 29.6 Å². The molecule has 0 aliphatic carbocycles. The smallest absolute Gasteiger partial charge is 0.321 e. The van der Waals surface area contributed by atoms with Gasteiger partial charge in [-0.15, -0.1) is 11.3 Å². The minimum Gasteiger partial charge on any atom is -0.497 e. The number of esters is 1. The quantitative estimate of drug-likeness (QED) is 0.654. The Bertz CT molecular complexity index is 819. The van der Waals surface area contributed by atoms with E-state index in [0.29, 0.717) is 5.69 Å². The van der Waals surface area contributed by atoms with E-state index in [1.165, 1.54) is 11.3 Å². The van der Waals surface area contributed by atoms with Gasteiger partial charge in [-0.05, 0) is 37.6 Å². The van der Waals surface area contributed by atoms with Crippen molar-refractivity contribution in [1.29, 1.82) is 0 Å². The van der Waals surface area contributed by atoms with Gasteiger partial charge >= 0.3 is 12.0 Å². The Balaban J connectivity index is 1.79. The van der Waals surface area contributed by atoms with Crippen LogP contribution in [0.4, 0.5) is 4.79 Å². The second-order valence-corrected chi connectivity index (χ2v) is 6.90. The highest BCUT2D eigenvalue weighted by Crippen LogP contribution is 2.25. The molecule has 9 heteroatoms. The first-order valence-electron chi connectivity index (χ1n) is 8.76. The molecule has 2 aromatic rings. The van der Waals surface area contributed by atoms with E-state index in [-0.39, 0.29) is 12.5 Å². The van der Waals surface area contributed by atoms with Crippen molar-refractivity contribution in [3.05, 3.63) is 35.3 Å². The number of carbonyl (C=O) groups excluding carboxylic acids is 3. The molecule has 0 radical (unpaired) electrons. The number of urea groups is 1. The Morgan fingerprint density at radius 1 is 1.21 bits per heavy atom. The zero-order valence-electron chi connectivity index (χ0n) is 16.0. The van der Waals surface area contributed by atoms with Crippen molar-refractivity contribution in [2.24, 2.45) is 0 Å². The van der Waals surface area contributed by atoms with Crippen molar-refractivity contribution in [2.75, 3.05) is 13.7 Å². The molecule has 28 heavy (non-hydrogen) atoms. The van der Waals surface area contributed by atoms with E-state index in [1.807, 2.05) is 38.1 Å². The molecule has 8 nitrogen and oxygen atoms in total. The van der Waals surface area contributed by atoms with Crippen molar-refractivity contribution >= 4 is 29.2 Å². The molecule has 3 amide bonds. The summed E-state index contributed by atoms with van der Waals surface area (Å²) in [7, 11) is 1.60. The first-order valence-corrected chi connectivity index (χ1v) is 9.64. The van der Waals surface area contributed by atoms with E-state index < -0.39 is 24.5 Å². The topological polar surface area (TPSA) is 107 Å². The zero-order valence-corrected chi connectivity index (χ0v) is 16.8. The maximum atomic E-state index is 11.9. The number of nitrogens with zero attached hydrogens (tertiary/aromatic N) is 1. The van der Waals surface area contributed by atoms with Crippen LogP contribution >= 0.6 is 11.3 Å². The fraction of sp³-hybridized carbons (Fsp3) is 0.368. The standard InChI is InChI=1S/C19H23N3O5S/c1-4-12(2)20-19(25)22-16(23)10-27-17(24)9-14-11-28-18(21-14)13-5-7-15(26-3)8-6-13/h5-8,11-12H,4,9-10H2,1-3H3,(H2,20,22,23,25)/t12-/m0/s1. The molecule has 1 aromatic carbocycles. The summed E-state index contributed by atoms with van der Waals surface area (Å²) >= 11 is 1.41. The largest absolute Gasteiger partial charge is 0.497 e. The molecule has 0 aliphatic heterocycles. The molecule has 2 N–H and O–H groups in total. The van der Waals surface area contributed by atoms with E-state index >= 15 is 0 Å². The van der Waals surface area contributed by atoms with Gasteiger partial charge in [-0.3, -0.25) is 14.9 Å². The number of ether oxygens (including phenoxy) is 2. The molecule has 2 rings (SSSR count). The normalized spacial score (nSPS) is 11.4. The SMILES string of the molecule is CC[C@H](C)NC(=O)NC(=O)COC(=O)Cc1csc(-c2ccc(OC)cc2)n1. The van der Waals surface area contributed by atoms with Gasteiger partial charge in [0.05, 0.1) is 19.2 Å². The summed E-state index contributed by atoms with van der Waals surface area (Å²) in [6.45, 7) is 3.20. The average Bonchev–Trinajstić information content (AvgIpc) is 3.14. The van der Waals surface area contributed by atoms with Gasteiger partial charge in [0.1, 0.15) is 10.8 Å². The number of methoxy groups -OCH3 is 1. The van der Waals surface area contributed by atoms with Crippen LogP contribution in [0, 0.1) is 0 Å². The van der Waals surface area contributed by atoms with Gasteiger partial charge in [0.25, 0.3) is 5.91 Å². The van der Waals surface area contributed by atoms with Crippen LogP contribution in [0.2, 0.25) is 0 Å². The zero-order chi connectivity index (χ0) is 20.5. The fourth-order valence-electron chi connectivity index (χ4n) is 2.12. The third-order valence-corrected chi connectivity index (χ3v) is 4.76. The van der Waals surface area contributed by atoms with Gasteiger partial charge in [-0.25, -0.2) is 9.78 Å². The first kappa shape index (κ1) is 21.4. The van der Waals surface area contributed by atoms with E-state index in [0.717, 1.165) is 22.7 Å². The second kappa shape index (κ2) is 10.4. The van der Waals surface area contributed by atoms with Crippen LogP contribution < -0.4 is 15.4 Å².